The molecule has 0 aromatic rings. The standard InChI is InChI=1S/C9H18N4O2/c10-7(8(14)15)5-1-3-6(4-2-5)13-9(11)12/h5-7H,1-4,10H2,(H,14,15)(H4,11,12,13)/t5-,6-,7?. The van der Waals surface area contributed by atoms with E-state index in [0.29, 0.717) is 0 Å². The summed E-state index contributed by atoms with van der Waals surface area (Å²) in [6.45, 7) is 0. The first-order valence-corrected chi connectivity index (χ1v) is 5.09. The SMILES string of the molecule is N=C(N)N[C@H]1CC[C@H](C(N)C(=O)O)CC1. The zero-order valence-electron chi connectivity index (χ0n) is 8.57. The molecule has 6 heteroatoms. The van der Waals surface area contributed by atoms with Crippen molar-refractivity contribution < 1.29 is 9.90 Å². The third kappa shape index (κ3) is 3.39. The lowest BCUT2D eigenvalue weighted by molar-refractivity contribution is -0.140. The molecule has 1 rings (SSSR count). The molecule has 0 amide bonds. The molecule has 1 aliphatic rings. The molecule has 1 unspecified atom stereocenters. The maximum Gasteiger partial charge on any atom is 0.320 e. The van der Waals surface area contributed by atoms with Crippen LogP contribution >= 0.6 is 0 Å². The van der Waals surface area contributed by atoms with Crippen molar-refractivity contribution in [3.05, 3.63) is 0 Å². The van der Waals surface area contributed by atoms with Crippen LogP contribution in [0.2, 0.25) is 0 Å². The summed E-state index contributed by atoms with van der Waals surface area (Å²) in [7, 11) is 0. The van der Waals surface area contributed by atoms with Gasteiger partial charge in [-0.15, -0.1) is 0 Å². The molecule has 0 aliphatic heterocycles. The molecule has 0 aromatic heterocycles. The highest BCUT2D eigenvalue weighted by molar-refractivity contribution is 5.74. The first kappa shape index (κ1) is 11.8. The molecule has 1 fully saturated rings. The number of aliphatic carboxylic acids is 1. The molecular weight excluding hydrogens is 196 g/mol. The third-order valence-electron chi connectivity index (χ3n) is 2.92. The predicted octanol–water partition coefficient (Wildman–Crippen LogP) is -0.560. The Morgan fingerprint density at radius 2 is 1.93 bits per heavy atom. The molecule has 1 saturated carbocycles. The van der Waals surface area contributed by atoms with Gasteiger partial charge in [0, 0.05) is 6.04 Å². The zero-order valence-corrected chi connectivity index (χ0v) is 8.57. The van der Waals surface area contributed by atoms with Gasteiger partial charge < -0.3 is 21.9 Å². The fourth-order valence-corrected chi connectivity index (χ4v) is 2.04. The molecule has 15 heavy (non-hydrogen) atoms. The predicted molar refractivity (Wildman–Crippen MR) is 56.4 cm³/mol. The van der Waals surface area contributed by atoms with Crippen LogP contribution in [0.3, 0.4) is 0 Å². The van der Waals surface area contributed by atoms with Crippen molar-refractivity contribution in [1.29, 1.82) is 5.41 Å². The smallest absolute Gasteiger partial charge is 0.320 e. The number of guanidine groups is 1. The molecule has 1 atom stereocenters. The van der Waals surface area contributed by atoms with E-state index in [2.05, 4.69) is 5.32 Å². The average Bonchev–Trinajstić information content (AvgIpc) is 2.17. The van der Waals surface area contributed by atoms with E-state index in [-0.39, 0.29) is 17.9 Å². The van der Waals surface area contributed by atoms with E-state index >= 15 is 0 Å². The first-order chi connectivity index (χ1) is 7.00. The molecule has 6 nitrogen and oxygen atoms in total. The second-order valence-electron chi connectivity index (χ2n) is 4.03. The number of carbonyl (C=O) groups is 1. The molecule has 0 radical (unpaired) electrons. The lowest BCUT2D eigenvalue weighted by atomic mass is 9.82. The van der Waals surface area contributed by atoms with Crippen LogP contribution < -0.4 is 16.8 Å². The molecule has 0 heterocycles. The van der Waals surface area contributed by atoms with Crippen molar-refractivity contribution in [2.75, 3.05) is 0 Å². The molecule has 0 spiro atoms. The van der Waals surface area contributed by atoms with Crippen LogP contribution in [0.4, 0.5) is 0 Å². The van der Waals surface area contributed by atoms with Gasteiger partial charge in [-0.2, -0.15) is 0 Å². The van der Waals surface area contributed by atoms with Crippen molar-refractivity contribution in [1.82, 2.24) is 5.32 Å². The van der Waals surface area contributed by atoms with Gasteiger partial charge in [-0.3, -0.25) is 10.2 Å². The molecule has 0 aromatic carbocycles. The fourth-order valence-electron chi connectivity index (χ4n) is 2.04. The quantitative estimate of drug-likeness (QED) is 0.318. The van der Waals surface area contributed by atoms with E-state index < -0.39 is 12.0 Å². The van der Waals surface area contributed by atoms with E-state index in [1.165, 1.54) is 0 Å². The maximum atomic E-state index is 10.7. The highest BCUT2D eigenvalue weighted by atomic mass is 16.4. The second-order valence-corrected chi connectivity index (χ2v) is 4.03. The summed E-state index contributed by atoms with van der Waals surface area (Å²) in [5.41, 5.74) is 10.8. The Balaban J connectivity index is 2.35. The van der Waals surface area contributed by atoms with Gasteiger partial charge in [0.1, 0.15) is 6.04 Å². The minimum atomic E-state index is -0.932. The number of nitrogens with one attached hydrogen (secondary N) is 2. The highest BCUT2D eigenvalue weighted by Crippen LogP contribution is 2.26. The van der Waals surface area contributed by atoms with Gasteiger partial charge in [0.15, 0.2) is 5.96 Å². The van der Waals surface area contributed by atoms with Gasteiger partial charge in [0.05, 0.1) is 0 Å². The zero-order chi connectivity index (χ0) is 11.4. The summed E-state index contributed by atoms with van der Waals surface area (Å²) in [6.07, 6.45) is 3.20. The largest absolute Gasteiger partial charge is 0.480 e. The lowest BCUT2D eigenvalue weighted by Crippen LogP contribution is -2.45. The monoisotopic (exact) mass is 214 g/mol. The lowest BCUT2D eigenvalue weighted by Gasteiger charge is -2.30. The summed E-state index contributed by atoms with van der Waals surface area (Å²) in [5.74, 6) is -0.911. The summed E-state index contributed by atoms with van der Waals surface area (Å²) in [4.78, 5) is 10.7. The van der Waals surface area contributed by atoms with Gasteiger partial charge in [0.2, 0.25) is 0 Å². The van der Waals surface area contributed by atoms with E-state index in [1.54, 1.807) is 0 Å². The normalized spacial score (nSPS) is 28.1. The van der Waals surface area contributed by atoms with Crippen LogP contribution in [0.5, 0.6) is 0 Å². The highest BCUT2D eigenvalue weighted by Gasteiger charge is 2.29. The summed E-state index contributed by atoms with van der Waals surface area (Å²) in [5, 5.41) is 18.7. The first-order valence-electron chi connectivity index (χ1n) is 5.09. The van der Waals surface area contributed by atoms with Gasteiger partial charge in [-0.25, -0.2) is 0 Å². The van der Waals surface area contributed by atoms with Gasteiger partial charge in [-0.05, 0) is 31.6 Å². The van der Waals surface area contributed by atoms with Crippen LogP contribution in [0.15, 0.2) is 0 Å². The van der Waals surface area contributed by atoms with Crippen LogP contribution in [0.1, 0.15) is 25.7 Å². The van der Waals surface area contributed by atoms with E-state index in [4.69, 9.17) is 22.0 Å². The number of nitrogens with two attached hydrogens (primary N) is 2. The Hall–Kier alpha value is -1.30. The average molecular weight is 214 g/mol. The molecular formula is C9H18N4O2. The van der Waals surface area contributed by atoms with Crippen LogP contribution in [0, 0.1) is 11.3 Å². The van der Waals surface area contributed by atoms with Crippen molar-refractivity contribution in [2.45, 2.75) is 37.8 Å². The Bertz CT molecular complexity index is 248. The maximum absolute atomic E-state index is 10.7. The molecule has 0 saturated heterocycles. The van der Waals surface area contributed by atoms with Crippen LogP contribution in [-0.4, -0.2) is 29.1 Å². The van der Waals surface area contributed by atoms with Gasteiger partial charge >= 0.3 is 5.97 Å². The Morgan fingerprint density at radius 1 is 1.40 bits per heavy atom. The van der Waals surface area contributed by atoms with Gasteiger partial charge in [-0.1, -0.05) is 0 Å². The van der Waals surface area contributed by atoms with Crippen LogP contribution in [-0.2, 0) is 4.79 Å². The number of carboxylic acid groups (broad SMARTS) is 1. The Morgan fingerprint density at radius 3 is 2.33 bits per heavy atom. The summed E-state index contributed by atoms with van der Waals surface area (Å²) in [6, 6.07) is -0.567. The number of hydrogen-bond donors (Lipinski definition) is 5. The van der Waals surface area contributed by atoms with E-state index in [0.717, 1.165) is 25.7 Å². The minimum absolute atomic E-state index is 0.0269. The minimum Gasteiger partial charge on any atom is -0.480 e. The van der Waals surface area contributed by atoms with E-state index in [9.17, 15) is 4.79 Å². The number of hydrogen-bond acceptors (Lipinski definition) is 3. The Kier molecular flexibility index (Phi) is 3.90. The fraction of sp³-hybridized carbons (Fsp3) is 0.778. The summed E-state index contributed by atoms with van der Waals surface area (Å²) >= 11 is 0. The number of rotatable bonds is 3. The topological polar surface area (TPSA) is 125 Å². The molecule has 0 bridgehead atoms. The molecule has 86 valence electrons. The third-order valence-corrected chi connectivity index (χ3v) is 2.92. The van der Waals surface area contributed by atoms with E-state index in [1.807, 2.05) is 0 Å². The number of carboxylic acids is 1. The second kappa shape index (κ2) is 4.97. The van der Waals surface area contributed by atoms with Crippen molar-refractivity contribution in [2.24, 2.45) is 17.4 Å². The molecule has 1 aliphatic carbocycles. The van der Waals surface area contributed by atoms with Crippen molar-refractivity contribution in [3.8, 4) is 0 Å². The summed E-state index contributed by atoms with van der Waals surface area (Å²) < 4.78 is 0. The van der Waals surface area contributed by atoms with Crippen LogP contribution in [0.25, 0.3) is 0 Å². The van der Waals surface area contributed by atoms with Crippen molar-refractivity contribution >= 4 is 11.9 Å². The van der Waals surface area contributed by atoms with Crippen molar-refractivity contribution in [3.63, 3.8) is 0 Å². The molecule has 7 N–H and O–H groups in total. The Labute approximate surface area is 88.5 Å². The van der Waals surface area contributed by atoms with Gasteiger partial charge in [0.25, 0.3) is 0 Å².